The second-order valence-corrected chi connectivity index (χ2v) is 4.50. The van der Waals surface area contributed by atoms with Crippen molar-refractivity contribution in [2.24, 2.45) is 0 Å². The molecule has 88 valence electrons. The van der Waals surface area contributed by atoms with Crippen LogP contribution in [-0.2, 0) is 11.9 Å². The maximum absolute atomic E-state index is 5.69. The predicted octanol–water partition coefficient (Wildman–Crippen LogP) is 3.86. The lowest BCUT2D eigenvalue weighted by Gasteiger charge is -2.07. The molecule has 1 aromatic carbocycles. The molecule has 17 heavy (non-hydrogen) atoms. The van der Waals surface area contributed by atoms with E-state index in [0.29, 0.717) is 6.61 Å². The minimum Gasteiger partial charge on any atom is -0.489 e. The zero-order chi connectivity index (χ0) is 12.1. The summed E-state index contributed by atoms with van der Waals surface area (Å²) in [5.74, 6) is 0.885. The molecule has 2 nitrogen and oxygen atoms in total. The number of pyridine rings is 1. The summed E-state index contributed by atoms with van der Waals surface area (Å²) >= 11 is 3.42. The number of hydrogen-bond acceptors (Lipinski definition) is 2. The SMILES string of the molecule is Cc1cncc(COc2ccc(CBr)cc2)c1. The standard InChI is InChI=1S/C14H14BrNO/c1-11-6-13(9-16-8-11)10-17-14-4-2-12(7-15)3-5-14/h2-6,8-9H,7,10H2,1H3. The number of aromatic nitrogens is 1. The Morgan fingerprint density at radius 3 is 2.53 bits per heavy atom. The van der Waals surface area contributed by atoms with Crippen LogP contribution in [0.15, 0.2) is 42.7 Å². The average molecular weight is 292 g/mol. The summed E-state index contributed by atoms with van der Waals surface area (Å²) in [5.41, 5.74) is 3.49. The van der Waals surface area contributed by atoms with Crippen LogP contribution in [0.4, 0.5) is 0 Å². The molecule has 0 aliphatic heterocycles. The van der Waals surface area contributed by atoms with Crippen LogP contribution in [0.25, 0.3) is 0 Å². The molecule has 0 fully saturated rings. The van der Waals surface area contributed by atoms with Crippen LogP contribution < -0.4 is 4.74 Å². The second-order valence-electron chi connectivity index (χ2n) is 3.94. The minimum absolute atomic E-state index is 0.558. The van der Waals surface area contributed by atoms with Crippen LogP contribution in [0.1, 0.15) is 16.7 Å². The fourth-order valence-electron chi connectivity index (χ4n) is 1.54. The van der Waals surface area contributed by atoms with Gasteiger partial charge in [-0.25, -0.2) is 0 Å². The highest BCUT2D eigenvalue weighted by atomic mass is 79.9. The van der Waals surface area contributed by atoms with E-state index in [0.717, 1.165) is 22.2 Å². The fraction of sp³-hybridized carbons (Fsp3) is 0.214. The van der Waals surface area contributed by atoms with Crippen molar-refractivity contribution < 1.29 is 4.74 Å². The lowest BCUT2D eigenvalue weighted by Crippen LogP contribution is -1.96. The largest absolute Gasteiger partial charge is 0.489 e. The zero-order valence-corrected chi connectivity index (χ0v) is 11.3. The van der Waals surface area contributed by atoms with Gasteiger partial charge >= 0.3 is 0 Å². The molecule has 0 aliphatic rings. The molecule has 0 saturated heterocycles. The van der Waals surface area contributed by atoms with E-state index >= 15 is 0 Å². The lowest BCUT2D eigenvalue weighted by molar-refractivity contribution is 0.305. The summed E-state index contributed by atoms with van der Waals surface area (Å²) in [6, 6.07) is 10.2. The van der Waals surface area contributed by atoms with Gasteiger partial charge in [-0.3, -0.25) is 4.98 Å². The number of benzene rings is 1. The predicted molar refractivity (Wildman–Crippen MR) is 72.4 cm³/mol. The molecule has 2 rings (SSSR count). The van der Waals surface area contributed by atoms with Crippen molar-refractivity contribution in [3.8, 4) is 5.75 Å². The summed E-state index contributed by atoms with van der Waals surface area (Å²) in [6.07, 6.45) is 3.67. The molecule has 0 unspecified atom stereocenters. The average Bonchev–Trinajstić information content (AvgIpc) is 2.37. The normalized spacial score (nSPS) is 10.2. The number of aryl methyl sites for hydroxylation is 1. The molecule has 0 saturated carbocycles. The van der Waals surface area contributed by atoms with Crippen molar-refractivity contribution in [2.45, 2.75) is 18.9 Å². The van der Waals surface area contributed by atoms with E-state index in [2.05, 4.69) is 39.1 Å². The smallest absolute Gasteiger partial charge is 0.119 e. The molecule has 3 heteroatoms. The van der Waals surface area contributed by atoms with E-state index in [4.69, 9.17) is 4.74 Å². The van der Waals surface area contributed by atoms with Gasteiger partial charge in [0.05, 0.1) is 0 Å². The summed E-state index contributed by atoms with van der Waals surface area (Å²) in [7, 11) is 0. The number of nitrogens with zero attached hydrogens (tertiary/aromatic N) is 1. The maximum Gasteiger partial charge on any atom is 0.119 e. The van der Waals surface area contributed by atoms with Gasteiger partial charge in [0.15, 0.2) is 0 Å². The molecule has 0 N–H and O–H groups in total. The van der Waals surface area contributed by atoms with Crippen LogP contribution in [-0.4, -0.2) is 4.98 Å². The Morgan fingerprint density at radius 1 is 1.12 bits per heavy atom. The molecule has 0 atom stereocenters. The monoisotopic (exact) mass is 291 g/mol. The van der Waals surface area contributed by atoms with Gasteiger partial charge in [0.25, 0.3) is 0 Å². The van der Waals surface area contributed by atoms with E-state index in [9.17, 15) is 0 Å². The first-order valence-electron chi connectivity index (χ1n) is 5.46. The first-order valence-corrected chi connectivity index (χ1v) is 6.58. The Morgan fingerprint density at radius 2 is 1.88 bits per heavy atom. The summed E-state index contributed by atoms with van der Waals surface area (Å²) < 4.78 is 5.69. The van der Waals surface area contributed by atoms with Gasteiger partial charge in [-0.15, -0.1) is 0 Å². The molecule has 0 amide bonds. The van der Waals surface area contributed by atoms with Crippen molar-refractivity contribution in [1.29, 1.82) is 0 Å². The van der Waals surface area contributed by atoms with Gasteiger partial charge in [-0.05, 0) is 36.2 Å². The van der Waals surface area contributed by atoms with Gasteiger partial charge in [0.2, 0.25) is 0 Å². The van der Waals surface area contributed by atoms with Gasteiger partial charge in [0.1, 0.15) is 12.4 Å². The van der Waals surface area contributed by atoms with Gasteiger partial charge in [0, 0.05) is 23.3 Å². The van der Waals surface area contributed by atoms with Gasteiger partial charge < -0.3 is 4.74 Å². The molecule has 0 radical (unpaired) electrons. The molecular weight excluding hydrogens is 278 g/mol. The Balaban J connectivity index is 1.97. The first-order chi connectivity index (χ1) is 8.28. The lowest BCUT2D eigenvalue weighted by atomic mass is 10.2. The summed E-state index contributed by atoms with van der Waals surface area (Å²) in [5, 5.41) is 0.870. The van der Waals surface area contributed by atoms with Crippen LogP contribution in [0.2, 0.25) is 0 Å². The third-order valence-electron chi connectivity index (χ3n) is 2.41. The first kappa shape index (κ1) is 12.1. The van der Waals surface area contributed by atoms with Gasteiger partial charge in [-0.1, -0.05) is 28.1 Å². The Kier molecular flexibility index (Phi) is 4.15. The quantitative estimate of drug-likeness (QED) is 0.798. The topological polar surface area (TPSA) is 22.1 Å². The summed E-state index contributed by atoms with van der Waals surface area (Å²) in [6.45, 7) is 2.59. The number of alkyl halides is 1. The second kappa shape index (κ2) is 5.82. The van der Waals surface area contributed by atoms with Gasteiger partial charge in [-0.2, -0.15) is 0 Å². The molecule has 0 bridgehead atoms. The molecular formula is C14H14BrNO. The number of halogens is 1. The molecule has 1 heterocycles. The third-order valence-corrected chi connectivity index (χ3v) is 3.06. The zero-order valence-electron chi connectivity index (χ0n) is 9.69. The Labute approximate surface area is 110 Å². The Hall–Kier alpha value is -1.35. The highest BCUT2D eigenvalue weighted by molar-refractivity contribution is 9.08. The number of hydrogen-bond donors (Lipinski definition) is 0. The van der Waals surface area contributed by atoms with Crippen LogP contribution in [0, 0.1) is 6.92 Å². The molecule has 0 aliphatic carbocycles. The van der Waals surface area contributed by atoms with Crippen molar-refractivity contribution in [1.82, 2.24) is 4.98 Å². The molecule has 1 aromatic heterocycles. The Bertz CT molecular complexity index is 482. The molecule has 0 spiro atoms. The molecule has 2 aromatic rings. The third kappa shape index (κ3) is 3.56. The van der Waals surface area contributed by atoms with Crippen molar-refractivity contribution >= 4 is 15.9 Å². The van der Waals surface area contributed by atoms with Crippen molar-refractivity contribution in [2.75, 3.05) is 0 Å². The van der Waals surface area contributed by atoms with E-state index in [1.807, 2.05) is 31.5 Å². The summed E-state index contributed by atoms with van der Waals surface area (Å²) in [4.78, 5) is 4.14. The van der Waals surface area contributed by atoms with E-state index in [1.54, 1.807) is 0 Å². The van der Waals surface area contributed by atoms with Crippen molar-refractivity contribution in [3.63, 3.8) is 0 Å². The highest BCUT2D eigenvalue weighted by Gasteiger charge is 1.97. The van der Waals surface area contributed by atoms with Crippen LogP contribution >= 0.6 is 15.9 Å². The van der Waals surface area contributed by atoms with E-state index in [-0.39, 0.29) is 0 Å². The number of rotatable bonds is 4. The van der Waals surface area contributed by atoms with E-state index < -0.39 is 0 Å². The van der Waals surface area contributed by atoms with Crippen molar-refractivity contribution in [3.05, 3.63) is 59.4 Å². The van der Waals surface area contributed by atoms with Crippen LogP contribution in [0.5, 0.6) is 5.75 Å². The number of ether oxygens (including phenoxy) is 1. The van der Waals surface area contributed by atoms with Crippen LogP contribution in [0.3, 0.4) is 0 Å². The minimum atomic E-state index is 0.558. The van der Waals surface area contributed by atoms with E-state index in [1.165, 1.54) is 5.56 Å². The highest BCUT2D eigenvalue weighted by Crippen LogP contribution is 2.15. The maximum atomic E-state index is 5.69. The fourth-order valence-corrected chi connectivity index (χ4v) is 1.91.